The van der Waals surface area contributed by atoms with Crippen LogP contribution in [0.15, 0.2) is 42.5 Å². The topological polar surface area (TPSA) is 37.3 Å². The molecule has 1 unspecified atom stereocenters. The molecule has 0 heterocycles. The number of carboxylic acid groups (broad SMARTS) is 1. The van der Waals surface area contributed by atoms with Crippen molar-refractivity contribution in [3.8, 4) is 11.1 Å². The molecule has 2 aromatic carbocycles. The Morgan fingerprint density at radius 3 is 2.35 bits per heavy atom. The third-order valence-corrected chi connectivity index (χ3v) is 3.93. The van der Waals surface area contributed by atoms with Gasteiger partial charge in [0, 0.05) is 10.6 Å². The molecule has 0 amide bonds. The largest absolute Gasteiger partial charge is 0.478 e. The molecule has 0 bridgehead atoms. The van der Waals surface area contributed by atoms with Gasteiger partial charge in [-0.1, -0.05) is 55.8 Å². The first-order valence-electron chi connectivity index (χ1n) is 6.66. The molecule has 0 fully saturated rings. The summed E-state index contributed by atoms with van der Waals surface area (Å²) >= 11 is 6.17. The smallest absolute Gasteiger partial charge is 0.335 e. The fraction of sp³-hybridized carbons (Fsp3) is 0.235. The Morgan fingerprint density at radius 2 is 1.85 bits per heavy atom. The Hall–Kier alpha value is -1.80. The van der Waals surface area contributed by atoms with Crippen LogP contribution in [0.2, 0.25) is 5.02 Å². The lowest BCUT2D eigenvalue weighted by atomic mass is 9.95. The maximum Gasteiger partial charge on any atom is 0.335 e. The van der Waals surface area contributed by atoms with Crippen molar-refractivity contribution in [2.75, 3.05) is 0 Å². The summed E-state index contributed by atoms with van der Waals surface area (Å²) in [4.78, 5) is 10.9. The lowest BCUT2D eigenvalue weighted by Crippen LogP contribution is -1.96. The molecule has 0 saturated carbocycles. The Balaban J connectivity index is 2.34. The number of carboxylic acids is 1. The quantitative estimate of drug-likeness (QED) is 0.837. The van der Waals surface area contributed by atoms with Gasteiger partial charge >= 0.3 is 5.97 Å². The molecule has 0 aliphatic carbocycles. The summed E-state index contributed by atoms with van der Waals surface area (Å²) in [6, 6.07) is 13.1. The van der Waals surface area contributed by atoms with Gasteiger partial charge in [-0.25, -0.2) is 4.79 Å². The van der Waals surface area contributed by atoms with Crippen LogP contribution in [0.4, 0.5) is 0 Å². The average molecular weight is 289 g/mol. The van der Waals surface area contributed by atoms with Crippen LogP contribution in [0, 0.1) is 0 Å². The van der Waals surface area contributed by atoms with Gasteiger partial charge in [-0.2, -0.15) is 0 Å². The molecular formula is C17H17ClO2. The van der Waals surface area contributed by atoms with Gasteiger partial charge in [0.05, 0.1) is 5.56 Å². The van der Waals surface area contributed by atoms with Crippen LogP contribution in [-0.4, -0.2) is 11.1 Å². The molecule has 2 aromatic rings. The third-order valence-electron chi connectivity index (χ3n) is 3.62. The first kappa shape index (κ1) is 14.6. The zero-order valence-electron chi connectivity index (χ0n) is 11.6. The molecule has 0 aliphatic heterocycles. The van der Waals surface area contributed by atoms with Crippen LogP contribution in [0.1, 0.15) is 42.1 Å². The predicted molar refractivity (Wildman–Crippen MR) is 82.6 cm³/mol. The number of halogens is 1. The highest BCUT2D eigenvalue weighted by Gasteiger charge is 2.09. The highest BCUT2D eigenvalue weighted by molar-refractivity contribution is 6.33. The molecule has 3 heteroatoms. The van der Waals surface area contributed by atoms with E-state index < -0.39 is 5.97 Å². The Morgan fingerprint density at radius 1 is 1.20 bits per heavy atom. The third kappa shape index (κ3) is 3.02. The van der Waals surface area contributed by atoms with Gasteiger partial charge < -0.3 is 5.11 Å². The molecular weight excluding hydrogens is 272 g/mol. The first-order valence-corrected chi connectivity index (χ1v) is 7.04. The zero-order valence-corrected chi connectivity index (χ0v) is 12.3. The Kier molecular flexibility index (Phi) is 4.46. The maximum absolute atomic E-state index is 10.9. The number of carbonyl (C=O) groups is 1. The van der Waals surface area contributed by atoms with Gasteiger partial charge in [0.25, 0.3) is 0 Å². The van der Waals surface area contributed by atoms with Crippen LogP contribution in [-0.2, 0) is 0 Å². The Bertz CT molecular complexity index is 617. The van der Waals surface area contributed by atoms with Gasteiger partial charge in [-0.15, -0.1) is 0 Å². The Labute approximate surface area is 124 Å². The van der Waals surface area contributed by atoms with E-state index in [0.717, 1.165) is 17.5 Å². The zero-order chi connectivity index (χ0) is 14.7. The summed E-state index contributed by atoms with van der Waals surface area (Å²) in [5.41, 5.74) is 3.36. The van der Waals surface area contributed by atoms with E-state index in [9.17, 15) is 4.79 Å². The van der Waals surface area contributed by atoms with Gasteiger partial charge in [0.2, 0.25) is 0 Å². The monoisotopic (exact) mass is 288 g/mol. The number of aromatic carboxylic acids is 1. The summed E-state index contributed by atoms with van der Waals surface area (Å²) in [5, 5.41) is 9.40. The van der Waals surface area contributed by atoms with E-state index in [2.05, 4.69) is 26.0 Å². The fourth-order valence-electron chi connectivity index (χ4n) is 2.11. The fourth-order valence-corrected chi connectivity index (χ4v) is 2.40. The van der Waals surface area contributed by atoms with E-state index in [-0.39, 0.29) is 5.56 Å². The second kappa shape index (κ2) is 6.10. The molecule has 1 N–H and O–H groups in total. The van der Waals surface area contributed by atoms with Crippen LogP contribution in [0.5, 0.6) is 0 Å². The summed E-state index contributed by atoms with van der Waals surface area (Å²) in [5.74, 6) is -0.431. The van der Waals surface area contributed by atoms with Crippen molar-refractivity contribution in [3.63, 3.8) is 0 Å². The van der Waals surface area contributed by atoms with Crippen molar-refractivity contribution in [1.29, 1.82) is 0 Å². The van der Waals surface area contributed by atoms with Gasteiger partial charge in [0.15, 0.2) is 0 Å². The second-order valence-electron chi connectivity index (χ2n) is 4.93. The van der Waals surface area contributed by atoms with Gasteiger partial charge in [-0.3, -0.25) is 0 Å². The van der Waals surface area contributed by atoms with E-state index >= 15 is 0 Å². The highest BCUT2D eigenvalue weighted by atomic mass is 35.5. The molecule has 1 atom stereocenters. The number of hydrogen-bond donors (Lipinski definition) is 1. The molecule has 104 valence electrons. The molecule has 2 rings (SSSR count). The first-order chi connectivity index (χ1) is 9.52. The predicted octanol–water partition coefficient (Wildman–Crippen LogP) is 5.22. The molecule has 0 spiro atoms. The summed E-state index contributed by atoms with van der Waals surface area (Å²) in [6.45, 7) is 4.36. The van der Waals surface area contributed by atoms with Crippen LogP contribution in [0.25, 0.3) is 11.1 Å². The standard InChI is InChI=1S/C17H17ClO2/c1-3-11(2)12-4-6-13(7-5-12)15-9-8-14(17(19)20)10-16(15)18/h4-11H,3H2,1-2H3,(H,19,20). The van der Waals surface area contributed by atoms with Gasteiger partial charge in [0.1, 0.15) is 0 Å². The molecule has 0 saturated heterocycles. The number of rotatable bonds is 4. The van der Waals surface area contributed by atoms with Crippen molar-refractivity contribution in [2.24, 2.45) is 0 Å². The average Bonchev–Trinajstić information content (AvgIpc) is 2.46. The van der Waals surface area contributed by atoms with Crippen molar-refractivity contribution in [3.05, 3.63) is 58.6 Å². The van der Waals surface area contributed by atoms with E-state index in [1.807, 2.05) is 12.1 Å². The van der Waals surface area contributed by atoms with E-state index in [1.54, 1.807) is 12.1 Å². The van der Waals surface area contributed by atoms with Crippen molar-refractivity contribution >= 4 is 17.6 Å². The number of benzene rings is 2. The summed E-state index contributed by atoms with van der Waals surface area (Å²) in [6.07, 6.45) is 1.10. The van der Waals surface area contributed by atoms with Crippen molar-refractivity contribution < 1.29 is 9.90 Å². The van der Waals surface area contributed by atoms with E-state index in [4.69, 9.17) is 16.7 Å². The van der Waals surface area contributed by atoms with Crippen LogP contribution in [0.3, 0.4) is 0 Å². The maximum atomic E-state index is 10.9. The second-order valence-corrected chi connectivity index (χ2v) is 5.34. The molecule has 2 nitrogen and oxygen atoms in total. The lowest BCUT2D eigenvalue weighted by Gasteiger charge is -2.11. The molecule has 0 radical (unpaired) electrons. The van der Waals surface area contributed by atoms with Crippen LogP contribution >= 0.6 is 11.6 Å². The minimum atomic E-state index is -0.967. The minimum absolute atomic E-state index is 0.204. The number of hydrogen-bond acceptors (Lipinski definition) is 1. The molecule has 20 heavy (non-hydrogen) atoms. The van der Waals surface area contributed by atoms with Crippen molar-refractivity contribution in [2.45, 2.75) is 26.2 Å². The van der Waals surface area contributed by atoms with E-state index in [1.165, 1.54) is 11.6 Å². The van der Waals surface area contributed by atoms with Crippen molar-refractivity contribution in [1.82, 2.24) is 0 Å². The summed E-state index contributed by atoms with van der Waals surface area (Å²) in [7, 11) is 0. The lowest BCUT2D eigenvalue weighted by molar-refractivity contribution is 0.0697. The summed E-state index contributed by atoms with van der Waals surface area (Å²) < 4.78 is 0. The highest BCUT2D eigenvalue weighted by Crippen LogP contribution is 2.30. The van der Waals surface area contributed by atoms with Gasteiger partial charge in [-0.05, 0) is 35.6 Å². The minimum Gasteiger partial charge on any atom is -0.478 e. The van der Waals surface area contributed by atoms with E-state index in [0.29, 0.717) is 10.9 Å². The normalized spacial score (nSPS) is 12.2. The molecule has 0 aromatic heterocycles. The molecule has 0 aliphatic rings. The SMILES string of the molecule is CCC(C)c1ccc(-c2ccc(C(=O)O)cc2Cl)cc1. The van der Waals surface area contributed by atoms with Crippen LogP contribution < -0.4 is 0 Å².